The number of para-hydroxylation sites is 1. The fraction of sp³-hybridized carbons (Fsp3) is 0.100. The molecule has 0 aliphatic rings. The van der Waals surface area contributed by atoms with Gasteiger partial charge in [-0.15, -0.1) is 0 Å². The van der Waals surface area contributed by atoms with Crippen molar-refractivity contribution in [2.24, 2.45) is 0 Å². The second-order valence-electron chi connectivity index (χ2n) is 5.49. The lowest BCUT2D eigenvalue weighted by Crippen LogP contribution is -2.09. The average molecular weight is 302 g/mol. The third-order valence-corrected chi connectivity index (χ3v) is 3.94. The third kappa shape index (κ3) is 3.29. The van der Waals surface area contributed by atoms with E-state index in [9.17, 15) is 4.79 Å². The standard InChI is InChI=1S/C20H18N2O/c1-14-6-3-10-18(15(14)2)22-19(23)12-11-17-8-4-7-16-9-5-13-21-20(16)17/h3-13H,1-2H3,(H,22,23)/b12-11+. The Labute approximate surface area is 135 Å². The highest BCUT2D eigenvalue weighted by Gasteiger charge is 2.04. The molecule has 23 heavy (non-hydrogen) atoms. The second-order valence-corrected chi connectivity index (χ2v) is 5.49. The number of pyridine rings is 1. The van der Waals surface area contributed by atoms with Gasteiger partial charge < -0.3 is 5.32 Å². The van der Waals surface area contributed by atoms with Gasteiger partial charge in [-0.1, -0.05) is 36.4 Å². The predicted molar refractivity (Wildman–Crippen MR) is 95.3 cm³/mol. The zero-order valence-corrected chi connectivity index (χ0v) is 13.2. The van der Waals surface area contributed by atoms with Crippen LogP contribution >= 0.6 is 0 Å². The van der Waals surface area contributed by atoms with Gasteiger partial charge in [-0.3, -0.25) is 9.78 Å². The van der Waals surface area contributed by atoms with Crippen molar-refractivity contribution < 1.29 is 4.79 Å². The van der Waals surface area contributed by atoms with Crippen molar-refractivity contribution in [2.45, 2.75) is 13.8 Å². The van der Waals surface area contributed by atoms with Gasteiger partial charge >= 0.3 is 0 Å². The van der Waals surface area contributed by atoms with E-state index in [-0.39, 0.29) is 5.91 Å². The minimum absolute atomic E-state index is 0.147. The van der Waals surface area contributed by atoms with Crippen molar-refractivity contribution >= 4 is 28.6 Å². The van der Waals surface area contributed by atoms with Crippen molar-refractivity contribution in [3.05, 3.63) is 77.5 Å². The fourth-order valence-corrected chi connectivity index (χ4v) is 2.49. The number of aromatic nitrogens is 1. The topological polar surface area (TPSA) is 42.0 Å². The summed E-state index contributed by atoms with van der Waals surface area (Å²) in [6.45, 7) is 4.03. The summed E-state index contributed by atoms with van der Waals surface area (Å²) >= 11 is 0. The van der Waals surface area contributed by atoms with Crippen LogP contribution in [0.1, 0.15) is 16.7 Å². The summed E-state index contributed by atoms with van der Waals surface area (Å²) in [5.74, 6) is -0.147. The van der Waals surface area contributed by atoms with Gasteiger partial charge in [-0.25, -0.2) is 0 Å². The molecule has 114 valence electrons. The molecule has 0 saturated heterocycles. The van der Waals surface area contributed by atoms with Gasteiger partial charge in [-0.05, 0) is 43.2 Å². The summed E-state index contributed by atoms with van der Waals surface area (Å²) in [7, 11) is 0. The number of fused-ring (bicyclic) bond motifs is 1. The Hall–Kier alpha value is -2.94. The van der Waals surface area contributed by atoms with E-state index in [0.29, 0.717) is 0 Å². The Morgan fingerprint density at radius 3 is 2.70 bits per heavy atom. The number of benzene rings is 2. The molecule has 1 amide bonds. The van der Waals surface area contributed by atoms with Crippen molar-refractivity contribution in [1.29, 1.82) is 0 Å². The quantitative estimate of drug-likeness (QED) is 0.724. The first-order valence-corrected chi connectivity index (χ1v) is 7.54. The van der Waals surface area contributed by atoms with Crippen molar-refractivity contribution in [3.63, 3.8) is 0 Å². The van der Waals surface area contributed by atoms with Crippen LogP contribution in [0.4, 0.5) is 5.69 Å². The van der Waals surface area contributed by atoms with Crippen LogP contribution in [0.5, 0.6) is 0 Å². The summed E-state index contributed by atoms with van der Waals surface area (Å²) in [5.41, 5.74) is 4.91. The van der Waals surface area contributed by atoms with Crippen molar-refractivity contribution in [3.8, 4) is 0 Å². The Balaban J connectivity index is 1.82. The maximum absolute atomic E-state index is 12.2. The molecule has 0 spiro atoms. The molecule has 0 aliphatic carbocycles. The van der Waals surface area contributed by atoms with E-state index in [2.05, 4.69) is 10.3 Å². The molecule has 3 nitrogen and oxygen atoms in total. The maximum atomic E-state index is 12.2. The molecule has 0 unspecified atom stereocenters. The number of anilines is 1. The molecule has 3 aromatic rings. The lowest BCUT2D eigenvalue weighted by Gasteiger charge is -2.08. The third-order valence-electron chi connectivity index (χ3n) is 3.94. The number of hydrogen-bond donors (Lipinski definition) is 1. The van der Waals surface area contributed by atoms with E-state index in [1.54, 1.807) is 18.3 Å². The maximum Gasteiger partial charge on any atom is 0.248 e. The normalized spacial score (nSPS) is 11.0. The molecule has 1 N–H and O–H groups in total. The van der Waals surface area contributed by atoms with Gasteiger partial charge in [0.25, 0.3) is 0 Å². The Kier molecular flexibility index (Phi) is 4.20. The molecule has 3 rings (SSSR count). The lowest BCUT2D eigenvalue weighted by molar-refractivity contribution is -0.111. The average Bonchev–Trinajstić information content (AvgIpc) is 2.57. The molecule has 0 aliphatic heterocycles. The van der Waals surface area contributed by atoms with Crippen LogP contribution in [0, 0.1) is 13.8 Å². The zero-order valence-electron chi connectivity index (χ0n) is 13.2. The molecule has 0 bridgehead atoms. The smallest absolute Gasteiger partial charge is 0.248 e. The Bertz CT molecular complexity index is 892. The summed E-state index contributed by atoms with van der Waals surface area (Å²) in [6, 6.07) is 15.7. The lowest BCUT2D eigenvalue weighted by atomic mass is 10.1. The summed E-state index contributed by atoms with van der Waals surface area (Å²) < 4.78 is 0. The monoisotopic (exact) mass is 302 g/mol. The number of hydrogen-bond acceptors (Lipinski definition) is 2. The van der Waals surface area contributed by atoms with Gasteiger partial charge in [0, 0.05) is 28.9 Å². The van der Waals surface area contributed by atoms with Gasteiger partial charge in [0.2, 0.25) is 5.91 Å². The van der Waals surface area contributed by atoms with Gasteiger partial charge in [-0.2, -0.15) is 0 Å². The molecular formula is C20H18N2O. The number of carbonyl (C=O) groups excluding carboxylic acids is 1. The first kappa shape index (κ1) is 15.0. The number of amides is 1. The zero-order chi connectivity index (χ0) is 16.2. The Morgan fingerprint density at radius 2 is 1.83 bits per heavy atom. The molecular weight excluding hydrogens is 284 g/mol. The molecule has 0 radical (unpaired) electrons. The molecule has 0 fully saturated rings. The number of carbonyl (C=O) groups is 1. The van der Waals surface area contributed by atoms with E-state index >= 15 is 0 Å². The molecule has 3 heteroatoms. The fourth-order valence-electron chi connectivity index (χ4n) is 2.49. The van der Waals surface area contributed by atoms with Crippen LogP contribution in [-0.2, 0) is 4.79 Å². The molecule has 1 heterocycles. The van der Waals surface area contributed by atoms with Crippen LogP contribution in [-0.4, -0.2) is 10.9 Å². The summed E-state index contributed by atoms with van der Waals surface area (Å²) in [6.07, 6.45) is 5.11. The van der Waals surface area contributed by atoms with Crippen LogP contribution in [0.3, 0.4) is 0 Å². The highest BCUT2D eigenvalue weighted by molar-refractivity contribution is 6.03. The first-order valence-electron chi connectivity index (χ1n) is 7.54. The van der Waals surface area contributed by atoms with E-state index in [1.807, 2.05) is 62.4 Å². The van der Waals surface area contributed by atoms with Crippen LogP contribution < -0.4 is 5.32 Å². The van der Waals surface area contributed by atoms with Crippen molar-refractivity contribution in [2.75, 3.05) is 5.32 Å². The Morgan fingerprint density at radius 1 is 1.04 bits per heavy atom. The molecule has 0 atom stereocenters. The van der Waals surface area contributed by atoms with E-state index in [4.69, 9.17) is 0 Å². The number of nitrogens with zero attached hydrogens (tertiary/aromatic N) is 1. The van der Waals surface area contributed by atoms with E-state index < -0.39 is 0 Å². The van der Waals surface area contributed by atoms with Gasteiger partial charge in [0.1, 0.15) is 0 Å². The number of aryl methyl sites for hydroxylation is 1. The number of nitrogens with one attached hydrogen (secondary N) is 1. The first-order chi connectivity index (χ1) is 11.1. The molecule has 2 aromatic carbocycles. The predicted octanol–water partition coefficient (Wildman–Crippen LogP) is 4.50. The number of rotatable bonds is 3. The van der Waals surface area contributed by atoms with Gasteiger partial charge in [0.05, 0.1) is 5.52 Å². The van der Waals surface area contributed by atoms with Crippen LogP contribution in [0.15, 0.2) is 60.8 Å². The SMILES string of the molecule is Cc1cccc(NC(=O)/C=C/c2cccc3cccnc23)c1C. The molecule has 0 saturated carbocycles. The van der Waals surface area contributed by atoms with Crippen LogP contribution in [0.25, 0.3) is 17.0 Å². The highest BCUT2D eigenvalue weighted by atomic mass is 16.1. The highest BCUT2D eigenvalue weighted by Crippen LogP contribution is 2.19. The van der Waals surface area contributed by atoms with E-state index in [0.717, 1.165) is 33.3 Å². The van der Waals surface area contributed by atoms with Gasteiger partial charge in [0.15, 0.2) is 0 Å². The summed E-state index contributed by atoms with van der Waals surface area (Å²) in [4.78, 5) is 16.6. The molecule has 1 aromatic heterocycles. The van der Waals surface area contributed by atoms with Crippen LogP contribution in [0.2, 0.25) is 0 Å². The largest absolute Gasteiger partial charge is 0.322 e. The second kappa shape index (κ2) is 6.44. The summed E-state index contributed by atoms with van der Waals surface area (Å²) in [5, 5.41) is 3.98. The van der Waals surface area contributed by atoms with E-state index in [1.165, 1.54) is 0 Å². The minimum atomic E-state index is -0.147. The van der Waals surface area contributed by atoms with Crippen molar-refractivity contribution in [1.82, 2.24) is 4.98 Å². The minimum Gasteiger partial charge on any atom is -0.322 e.